The highest BCUT2D eigenvalue weighted by Gasteiger charge is 2.80. The van der Waals surface area contributed by atoms with Crippen LogP contribution in [0.1, 0.15) is 50.7 Å². The van der Waals surface area contributed by atoms with Gasteiger partial charge in [0.05, 0.1) is 31.3 Å². The summed E-state index contributed by atoms with van der Waals surface area (Å²) in [5, 5.41) is 43.4. The molecule has 8 nitrogen and oxygen atoms in total. The number of hydrogen-bond acceptors (Lipinski definition) is 8. The van der Waals surface area contributed by atoms with Crippen molar-refractivity contribution in [2.45, 2.75) is 56.3 Å². The fourth-order valence-electron chi connectivity index (χ4n) is 6.19. The van der Waals surface area contributed by atoms with Crippen molar-refractivity contribution in [3.05, 3.63) is 24.2 Å². The average Bonchev–Trinajstić information content (AvgIpc) is 3.29. The molecule has 28 heavy (non-hydrogen) atoms. The number of esters is 1. The van der Waals surface area contributed by atoms with Crippen LogP contribution in [0.5, 0.6) is 0 Å². The van der Waals surface area contributed by atoms with E-state index in [0.29, 0.717) is 12.0 Å². The molecule has 1 aromatic heterocycles. The third kappa shape index (κ3) is 1.99. The summed E-state index contributed by atoms with van der Waals surface area (Å²) in [5.74, 6) is -1.75. The summed E-state index contributed by atoms with van der Waals surface area (Å²) < 4.78 is 10.7. The first-order valence-electron chi connectivity index (χ1n) is 9.65. The van der Waals surface area contributed by atoms with E-state index in [9.17, 15) is 30.0 Å². The van der Waals surface area contributed by atoms with Crippen LogP contribution < -0.4 is 0 Å². The van der Waals surface area contributed by atoms with Gasteiger partial charge >= 0.3 is 5.97 Å². The summed E-state index contributed by atoms with van der Waals surface area (Å²) in [6.45, 7) is 0.0482. The maximum absolute atomic E-state index is 13.2. The largest absolute Gasteiger partial charge is 0.472 e. The second-order valence-corrected chi connectivity index (χ2v) is 8.62. The monoisotopic (exact) mass is 394 g/mol. The number of fused-ring (bicyclic) bond motifs is 2. The molecule has 0 radical (unpaired) electrons. The van der Waals surface area contributed by atoms with Crippen molar-refractivity contribution in [2.75, 3.05) is 13.2 Å². The van der Waals surface area contributed by atoms with E-state index in [2.05, 4.69) is 0 Å². The Hall–Kier alpha value is -1.74. The zero-order chi connectivity index (χ0) is 20.4. The second-order valence-electron chi connectivity index (χ2n) is 8.62. The second kappa shape index (κ2) is 6.13. The van der Waals surface area contributed by atoms with E-state index in [-0.39, 0.29) is 25.7 Å². The van der Waals surface area contributed by atoms with Crippen LogP contribution >= 0.6 is 0 Å². The Balaban J connectivity index is 1.91. The molecule has 3 fully saturated rings. The number of hydrogen-bond donors (Lipinski definition) is 4. The Morgan fingerprint density at radius 1 is 1.18 bits per heavy atom. The Morgan fingerprint density at radius 3 is 2.54 bits per heavy atom. The molecule has 8 heteroatoms. The molecule has 154 valence electrons. The molecule has 6 unspecified atom stereocenters. The number of ether oxygens (including phenoxy) is 1. The molecule has 1 saturated heterocycles. The Kier molecular flexibility index (Phi) is 4.28. The van der Waals surface area contributed by atoms with Gasteiger partial charge in [-0.2, -0.15) is 0 Å². The van der Waals surface area contributed by atoms with Gasteiger partial charge in [-0.25, -0.2) is 0 Å². The van der Waals surface area contributed by atoms with Gasteiger partial charge in [0, 0.05) is 18.4 Å². The fourth-order valence-corrected chi connectivity index (χ4v) is 6.19. The van der Waals surface area contributed by atoms with Crippen molar-refractivity contribution in [3.63, 3.8) is 0 Å². The number of aliphatic hydroxyl groups is 4. The van der Waals surface area contributed by atoms with Crippen LogP contribution in [0.15, 0.2) is 23.0 Å². The molecular weight excluding hydrogens is 368 g/mol. The molecule has 3 aliphatic rings. The van der Waals surface area contributed by atoms with Gasteiger partial charge in [-0.3, -0.25) is 9.59 Å². The molecule has 2 aliphatic carbocycles. The standard InChI is InChI=1S/C20H26O8/c1-12-7-15(23)19(11-22)17(25,10-21)4-2-5-20(19,26)18(12)8-14(28-16(18)24)13-3-6-27-9-13/h3,6,9,12,14,21-22,25-26H,2,4-5,7-8,10-11H2,1H3. The van der Waals surface area contributed by atoms with Gasteiger partial charge in [-0.15, -0.1) is 0 Å². The van der Waals surface area contributed by atoms with Gasteiger partial charge in [-0.05, 0) is 31.2 Å². The maximum Gasteiger partial charge on any atom is 0.316 e. The first-order chi connectivity index (χ1) is 13.2. The van der Waals surface area contributed by atoms with Crippen molar-refractivity contribution in [3.8, 4) is 0 Å². The zero-order valence-electron chi connectivity index (χ0n) is 15.8. The van der Waals surface area contributed by atoms with Gasteiger partial charge in [0.1, 0.15) is 28.3 Å². The highest BCUT2D eigenvalue weighted by atomic mass is 16.6. The zero-order valence-corrected chi connectivity index (χ0v) is 15.8. The lowest BCUT2D eigenvalue weighted by Crippen LogP contribution is -2.80. The number of rotatable bonds is 3. The summed E-state index contributed by atoms with van der Waals surface area (Å²) in [5.41, 5.74) is -6.97. The summed E-state index contributed by atoms with van der Waals surface area (Å²) in [7, 11) is 0. The number of furan rings is 1. The first kappa shape index (κ1) is 19.6. The normalized spacial score (nSPS) is 45.9. The number of cyclic esters (lactones) is 1. The van der Waals surface area contributed by atoms with Crippen molar-refractivity contribution < 1.29 is 39.2 Å². The number of Topliss-reactive ketones (excluding diaryl/α,β-unsaturated/α-hetero) is 1. The van der Waals surface area contributed by atoms with Gasteiger partial charge in [0.2, 0.25) is 0 Å². The quantitative estimate of drug-likeness (QED) is 0.543. The van der Waals surface area contributed by atoms with Crippen molar-refractivity contribution in [2.24, 2.45) is 16.7 Å². The molecule has 1 aromatic rings. The summed E-state index contributed by atoms with van der Waals surface area (Å²) in [4.78, 5) is 26.4. The van der Waals surface area contributed by atoms with Gasteiger partial charge in [0.15, 0.2) is 0 Å². The molecular formula is C20H26O8. The number of ketones is 1. The SMILES string of the molecule is CC1CC(=O)C2(CO)C(O)(CO)CCCC2(O)C12CC(c1ccoc1)OC2=O. The molecule has 4 rings (SSSR count). The minimum atomic E-state index is -2.05. The molecule has 2 saturated carbocycles. The van der Waals surface area contributed by atoms with Gasteiger partial charge in [0.25, 0.3) is 0 Å². The molecule has 4 N–H and O–H groups in total. The van der Waals surface area contributed by atoms with Crippen molar-refractivity contribution in [1.29, 1.82) is 0 Å². The lowest BCUT2D eigenvalue weighted by molar-refractivity contribution is -0.290. The first-order valence-corrected chi connectivity index (χ1v) is 9.65. The Bertz CT molecular complexity index is 790. The third-order valence-corrected chi connectivity index (χ3v) is 7.71. The minimum Gasteiger partial charge on any atom is -0.472 e. The average molecular weight is 394 g/mol. The predicted octanol–water partition coefficient (Wildman–Crippen LogP) is 0.480. The van der Waals surface area contributed by atoms with E-state index < -0.39 is 59.0 Å². The smallest absolute Gasteiger partial charge is 0.316 e. The molecule has 0 bridgehead atoms. The van der Waals surface area contributed by atoms with Crippen LogP contribution in [0.4, 0.5) is 0 Å². The Labute approximate surface area is 162 Å². The number of carbonyl (C=O) groups is 2. The molecule has 2 heterocycles. The van der Waals surface area contributed by atoms with E-state index >= 15 is 0 Å². The van der Waals surface area contributed by atoms with Crippen molar-refractivity contribution in [1.82, 2.24) is 0 Å². The van der Waals surface area contributed by atoms with Crippen LogP contribution in [0, 0.1) is 16.7 Å². The fraction of sp³-hybridized carbons (Fsp3) is 0.700. The lowest BCUT2D eigenvalue weighted by atomic mass is 9.39. The molecule has 1 spiro atoms. The van der Waals surface area contributed by atoms with Crippen molar-refractivity contribution >= 4 is 11.8 Å². The molecule has 6 atom stereocenters. The summed E-state index contributed by atoms with van der Waals surface area (Å²) >= 11 is 0. The van der Waals surface area contributed by atoms with E-state index in [1.807, 2.05) is 0 Å². The van der Waals surface area contributed by atoms with Crippen LogP contribution in [0.3, 0.4) is 0 Å². The van der Waals surface area contributed by atoms with Crippen LogP contribution in [-0.2, 0) is 14.3 Å². The van der Waals surface area contributed by atoms with Gasteiger partial charge < -0.3 is 29.6 Å². The summed E-state index contributed by atoms with van der Waals surface area (Å²) in [6, 6.07) is 1.67. The van der Waals surface area contributed by atoms with Crippen LogP contribution in [-0.4, -0.2) is 56.6 Å². The van der Waals surface area contributed by atoms with E-state index in [1.54, 1.807) is 13.0 Å². The van der Waals surface area contributed by atoms with Crippen LogP contribution in [0.2, 0.25) is 0 Å². The number of carbonyl (C=O) groups excluding carboxylic acids is 2. The summed E-state index contributed by atoms with van der Waals surface area (Å²) in [6.07, 6.45) is 2.62. The lowest BCUT2D eigenvalue weighted by Gasteiger charge is -2.65. The van der Waals surface area contributed by atoms with E-state index in [4.69, 9.17) is 9.15 Å². The van der Waals surface area contributed by atoms with Crippen LogP contribution in [0.25, 0.3) is 0 Å². The van der Waals surface area contributed by atoms with E-state index in [1.165, 1.54) is 12.5 Å². The Morgan fingerprint density at radius 2 is 1.93 bits per heavy atom. The number of aliphatic hydroxyl groups excluding tert-OH is 2. The molecule has 1 aliphatic heterocycles. The molecule has 0 amide bonds. The highest BCUT2D eigenvalue weighted by Crippen LogP contribution is 2.68. The predicted molar refractivity (Wildman–Crippen MR) is 93.7 cm³/mol. The van der Waals surface area contributed by atoms with E-state index in [0.717, 1.165) is 0 Å². The topological polar surface area (TPSA) is 137 Å². The third-order valence-electron chi connectivity index (χ3n) is 7.71. The highest BCUT2D eigenvalue weighted by molar-refractivity contribution is 5.94. The minimum absolute atomic E-state index is 0.0408. The molecule has 0 aromatic carbocycles. The van der Waals surface area contributed by atoms with Gasteiger partial charge in [-0.1, -0.05) is 6.92 Å². The maximum atomic E-state index is 13.2.